The lowest BCUT2D eigenvalue weighted by atomic mass is 10.1. The molecule has 0 heterocycles. The molecule has 2 rings (SSSR count). The molecule has 1 amide bonds. The van der Waals surface area contributed by atoms with Crippen molar-refractivity contribution in [3.63, 3.8) is 0 Å². The lowest BCUT2D eigenvalue weighted by Crippen LogP contribution is -2.12. The summed E-state index contributed by atoms with van der Waals surface area (Å²) in [6.45, 7) is 1.61. The third-order valence-corrected chi connectivity index (χ3v) is 3.14. The van der Waals surface area contributed by atoms with Crippen molar-refractivity contribution in [2.45, 2.75) is 6.92 Å². The van der Waals surface area contributed by atoms with Crippen molar-refractivity contribution < 1.29 is 14.1 Å². The Hall–Kier alpha value is -2.47. The van der Waals surface area contributed by atoms with Crippen molar-refractivity contribution in [3.05, 3.63) is 68.5 Å². The first-order valence-corrected chi connectivity index (χ1v) is 6.27. The molecule has 2 aromatic carbocycles. The SMILES string of the molecule is Cc1ccc(NC(=O)c2ccc([N+](=O)[O-])c(Cl)c2)cc1F. The molecule has 5 nitrogen and oxygen atoms in total. The summed E-state index contributed by atoms with van der Waals surface area (Å²) < 4.78 is 13.4. The maximum Gasteiger partial charge on any atom is 0.287 e. The Morgan fingerprint density at radius 1 is 1.29 bits per heavy atom. The second-order valence-electron chi connectivity index (χ2n) is 4.34. The second-order valence-corrected chi connectivity index (χ2v) is 4.75. The minimum Gasteiger partial charge on any atom is -0.322 e. The van der Waals surface area contributed by atoms with Crippen molar-refractivity contribution >= 4 is 28.9 Å². The van der Waals surface area contributed by atoms with Crippen LogP contribution in [0.15, 0.2) is 36.4 Å². The van der Waals surface area contributed by atoms with Crippen LogP contribution in [0.1, 0.15) is 15.9 Å². The van der Waals surface area contributed by atoms with E-state index in [2.05, 4.69) is 5.32 Å². The van der Waals surface area contributed by atoms with Gasteiger partial charge in [0.1, 0.15) is 10.8 Å². The van der Waals surface area contributed by atoms with E-state index in [9.17, 15) is 19.3 Å². The van der Waals surface area contributed by atoms with Crippen LogP contribution in [0.5, 0.6) is 0 Å². The van der Waals surface area contributed by atoms with Gasteiger partial charge in [-0.3, -0.25) is 14.9 Å². The molecular formula is C14H10ClFN2O3. The average Bonchev–Trinajstić information content (AvgIpc) is 2.42. The Bertz CT molecular complexity index is 734. The van der Waals surface area contributed by atoms with Crippen LogP contribution in [0.3, 0.4) is 0 Å². The summed E-state index contributed by atoms with van der Waals surface area (Å²) >= 11 is 5.74. The molecule has 0 aliphatic heterocycles. The van der Waals surface area contributed by atoms with Crippen LogP contribution in [-0.2, 0) is 0 Å². The maximum atomic E-state index is 13.4. The molecule has 0 unspecified atom stereocenters. The standard InChI is InChI=1S/C14H10ClFN2O3/c1-8-2-4-10(7-12(8)16)17-14(19)9-3-5-13(18(20)21)11(15)6-9/h2-7H,1H3,(H,17,19). The van der Waals surface area contributed by atoms with Crippen LogP contribution < -0.4 is 5.32 Å². The Labute approximate surface area is 124 Å². The Morgan fingerprint density at radius 3 is 2.57 bits per heavy atom. The first-order valence-electron chi connectivity index (χ1n) is 5.90. The molecule has 2 aromatic rings. The summed E-state index contributed by atoms with van der Waals surface area (Å²) in [5, 5.41) is 13.0. The first-order chi connectivity index (χ1) is 9.88. The summed E-state index contributed by atoms with van der Waals surface area (Å²) in [7, 11) is 0. The van der Waals surface area contributed by atoms with Crippen LogP contribution in [0, 0.1) is 22.9 Å². The maximum absolute atomic E-state index is 13.4. The highest BCUT2D eigenvalue weighted by atomic mass is 35.5. The van der Waals surface area contributed by atoms with Gasteiger partial charge >= 0.3 is 0 Å². The fraction of sp³-hybridized carbons (Fsp3) is 0.0714. The van der Waals surface area contributed by atoms with E-state index >= 15 is 0 Å². The summed E-state index contributed by atoms with van der Waals surface area (Å²) in [4.78, 5) is 22.0. The van der Waals surface area contributed by atoms with Gasteiger partial charge in [0, 0.05) is 17.3 Å². The highest BCUT2D eigenvalue weighted by Crippen LogP contribution is 2.25. The summed E-state index contributed by atoms with van der Waals surface area (Å²) in [6.07, 6.45) is 0. The molecule has 0 aliphatic carbocycles. The third kappa shape index (κ3) is 3.35. The van der Waals surface area contributed by atoms with Crippen LogP contribution >= 0.6 is 11.6 Å². The van der Waals surface area contributed by atoms with Crippen molar-refractivity contribution in [1.29, 1.82) is 0 Å². The van der Waals surface area contributed by atoms with Gasteiger partial charge in [0.25, 0.3) is 11.6 Å². The lowest BCUT2D eigenvalue weighted by molar-refractivity contribution is -0.384. The van der Waals surface area contributed by atoms with Gasteiger partial charge in [0.2, 0.25) is 0 Å². The molecule has 0 spiro atoms. The largest absolute Gasteiger partial charge is 0.322 e. The number of benzene rings is 2. The van der Waals surface area contributed by atoms with Crippen LogP contribution in [0.4, 0.5) is 15.8 Å². The predicted molar refractivity (Wildman–Crippen MR) is 77.2 cm³/mol. The summed E-state index contributed by atoms with van der Waals surface area (Å²) in [5.41, 5.74) is 0.616. The van der Waals surface area contributed by atoms with Crippen LogP contribution in [0.25, 0.3) is 0 Å². The third-order valence-electron chi connectivity index (χ3n) is 2.84. The Kier molecular flexibility index (Phi) is 4.18. The molecule has 0 aliphatic rings. The zero-order valence-corrected chi connectivity index (χ0v) is 11.6. The molecule has 7 heteroatoms. The van der Waals surface area contributed by atoms with Gasteiger partial charge in [-0.25, -0.2) is 4.39 Å². The van der Waals surface area contributed by atoms with Crippen molar-refractivity contribution in [2.75, 3.05) is 5.32 Å². The molecule has 0 saturated heterocycles. The van der Waals surface area contributed by atoms with E-state index in [1.807, 2.05) is 0 Å². The van der Waals surface area contributed by atoms with Gasteiger partial charge in [0.15, 0.2) is 0 Å². The molecule has 1 N–H and O–H groups in total. The quantitative estimate of drug-likeness (QED) is 0.689. The number of nitrogens with zero attached hydrogens (tertiary/aromatic N) is 1. The first kappa shape index (κ1) is 14.9. The lowest BCUT2D eigenvalue weighted by Gasteiger charge is -2.07. The Balaban J connectivity index is 2.22. The highest BCUT2D eigenvalue weighted by Gasteiger charge is 2.15. The molecule has 0 radical (unpaired) electrons. The number of nitro benzene ring substituents is 1. The van der Waals surface area contributed by atoms with E-state index < -0.39 is 16.6 Å². The van der Waals surface area contributed by atoms with Gasteiger partial charge in [-0.15, -0.1) is 0 Å². The molecule has 0 bridgehead atoms. The number of rotatable bonds is 3. The van der Waals surface area contributed by atoms with E-state index in [1.54, 1.807) is 13.0 Å². The van der Waals surface area contributed by atoms with Gasteiger partial charge in [0.05, 0.1) is 4.92 Å². The minimum atomic E-state index is -0.640. The fourth-order valence-corrected chi connectivity index (χ4v) is 1.92. The number of nitro groups is 1. The van der Waals surface area contributed by atoms with Crippen molar-refractivity contribution in [1.82, 2.24) is 0 Å². The predicted octanol–water partition coefficient (Wildman–Crippen LogP) is 3.95. The zero-order valence-electron chi connectivity index (χ0n) is 10.9. The fourth-order valence-electron chi connectivity index (χ4n) is 1.67. The Morgan fingerprint density at radius 2 is 2.00 bits per heavy atom. The van der Waals surface area contributed by atoms with Gasteiger partial charge in [-0.05, 0) is 36.8 Å². The number of halogens is 2. The highest BCUT2D eigenvalue weighted by molar-refractivity contribution is 6.33. The van der Waals surface area contributed by atoms with Crippen molar-refractivity contribution in [2.24, 2.45) is 0 Å². The average molecular weight is 309 g/mol. The number of aryl methyl sites for hydroxylation is 1. The number of carbonyl (C=O) groups is 1. The van der Waals surface area contributed by atoms with E-state index in [0.717, 1.165) is 6.07 Å². The zero-order chi connectivity index (χ0) is 15.6. The summed E-state index contributed by atoms with van der Waals surface area (Å²) in [6, 6.07) is 7.91. The molecule has 0 aromatic heterocycles. The van der Waals surface area contributed by atoms with E-state index in [4.69, 9.17) is 11.6 Å². The monoisotopic (exact) mass is 308 g/mol. The summed E-state index contributed by atoms with van der Waals surface area (Å²) in [5.74, 6) is -0.968. The van der Waals surface area contributed by atoms with E-state index in [1.165, 1.54) is 24.3 Å². The normalized spacial score (nSPS) is 10.2. The van der Waals surface area contributed by atoms with Crippen molar-refractivity contribution in [3.8, 4) is 0 Å². The van der Waals surface area contributed by atoms with E-state index in [0.29, 0.717) is 5.56 Å². The number of carbonyl (C=O) groups excluding carboxylic acids is 1. The van der Waals surface area contributed by atoms with Gasteiger partial charge in [-0.2, -0.15) is 0 Å². The second kappa shape index (κ2) is 5.88. The minimum absolute atomic E-state index is 0.136. The van der Waals surface area contributed by atoms with Gasteiger partial charge in [-0.1, -0.05) is 17.7 Å². The van der Waals surface area contributed by atoms with Crippen LogP contribution in [-0.4, -0.2) is 10.8 Å². The smallest absolute Gasteiger partial charge is 0.287 e. The number of amides is 1. The molecule has 0 fully saturated rings. The topological polar surface area (TPSA) is 72.2 Å². The van der Waals surface area contributed by atoms with E-state index in [-0.39, 0.29) is 22.0 Å². The molecule has 0 saturated carbocycles. The molecular weight excluding hydrogens is 299 g/mol. The molecule has 0 atom stereocenters. The number of nitrogens with one attached hydrogen (secondary N) is 1. The van der Waals surface area contributed by atoms with Crippen LogP contribution in [0.2, 0.25) is 5.02 Å². The molecule has 108 valence electrons. The number of hydrogen-bond donors (Lipinski definition) is 1. The number of hydrogen-bond acceptors (Lipinski definition) is 3. The van der Waals surface area contributed by atoms with Gasteiger partial charge < -0.3 is 5.32 Å². The number of anilines is 1. The molecule has 21 heavy (non-hydrogen) atoms.